The number of hydrogen-bond acceptors (Lipinski definition) is 4. The molecule has 1 saturated heterocycles. The highest BCUT2D eigenvalue weighted by Gasteiger charge is 2.21. The Morgan fingerprint density at radius 1 is 0.963 bits per heavy atom. The lowest BCUT2D eigenvalue weighted by Crippen LogP contribution is -2.48. The number of carbonyl (C=O) groups is 1. The summed E-state index contributed by atoms with van der Waals surface area (Å²) >= 11 is 0. The van der Waals surface area contributed by atoms with E-state index in [1.165, 1.54) is 16.7 Å². The molecule has 142 valence electrons. The summed E-state index contributed by atoms with van der Waals surface area (Å²) in [5.74, 6) is 1.92. The number of amides is 1. The Balaban J connectivity index is 1.24. The van der Waals surface area contributed by atoms with Crippen molar-refractivity contribution < 1.29 is 14.3 Å². The number of carbonyl (C=O) groups excluding carboxylic acids is 1. The van der Waals surface area contributed by atoms with Crippen LogP contribution in [0.15, 0.2) is 42.5 Å². The first-order valence-electron chi connectivity index (χ1n) is 9.61. The van der Waals surface area contributed by atoms with Gasteiger partial charge in [0, 0.05) is 39.1 Å². The molecular weight excluding hydrogens is 340 g/mol. The SMILES string of the molecule is Cc1cccc(CCC(=O)N2CCN(Cc3ccc4c(c3)OCO4)CC2)c1. The molecule has 2 aliphatic rings. The number of rotatable bonds is 5. The highest BCUT2D eigenvalue weighted by atomic mass is 16.7. The standard InChI is InChI=1S/C22H26N2O3/c1-17-3-2-4-18(13-17)6-8-22(25)24-11-9-23(10-12-24)15-19-5-7-20-21(14-19)27-16-26-20/h2-5,7,13-14H,6,8-12,15-16H2,1H3. The summed E-state index contributed by atoms with van der Waals surface area (Å²) in [4.78, 5) is 16.9. The number of hydrogen-bond donors (Lipinski definition) is 0. The molecule has 1 amide bonds. The van der Waals surface area contributed by atoms with E-state index in [2.05, 4.69) is 48.2 Å². The highest BCUT2D eigenvalue weighted by molar-refractivity contribution is 5.76. The summed E-state index contributed by atoms with van der Waals surface area (Å²) in [6, 6.07) is 14.5. The highest BCUT2D eigenvalue weighted by Crippen LogP contribution is 2.32. The number of benzene rings is 2. The van der Waals surface area contributed by atoms with E-state index in [1.807, 2.05) is 11.0 Å². The molecule has 5 heteroatoms. The molecule has 0 spiro atoms. The Morgan fingerprint density at radius 3 is 2.59 bits per heavy atom. The lowest BCUT2D eigenvalue weighted by Gasteiger charge is -2.35. The summed E-state index contributed by atoms with van der Waals surface area (Å²) in [6.45, 7) is 6.69. The van der Waals surface area contributed by atoms with E-state index in [9.17, 15) is 4.79 Å². The molecule has 2 aliphatic heterocycles. The molecule has 0 aromatic heterocycles. The average Bonchev–Trinajstić information content (AvgIpc) is 3.15. The van der Waals surface area contributed by atoms with Gasteiger partial charge in [0.2, 0.25) is 12.7 Å². The van der Waals surface area contributed by atoms with Gasteiger partial charge in [-0.15, -0.1) is 0 Å². The fourth-order valence-electron chi connectivity index (χ4n) is 3.73. The summed E-state index contributed by atoms with van der Waals surface area (Å²) in [7, 11) is 0. The molecule has 2 aromatic rings. The van der Waals surface area contributed by atoms with Gasteiger partial charge in [-0.2, -0.15) is 0 Å². The number of aryl methyl sites for hydroxylation is 2. The fourth-order valence-corrected chi connectivity index (χ4v) is 3.73. The van der Waals surface area contributed by atoms with Crippen LogP contribution < -0.4 is 9.47 Å². The van der Waals surface area contributed by atoms with Crippen LogP contribution in [0.3, 0.4) is 0 Å². The van der Waals surface area contributed by atoms with Gasteiger partial charge < -0.3 is 14.4 Å². The first-order valence-corrected chi connectivity index (χ1v) is 9.61. The lowest BCUT2D eigenvalue weighted by atomic mass is 10.1. The summed E-state index contributed by atoms with van der Waals surface area (Å²) in [6.07, 6.45) is 1.41. The van der Waals surface area contributed by atoms with E-state index in [0.717, 1.165) is 50.6 Å². The average molecular weight is 366 g/mol. The maximum Gasteiger partial charge on any atom is 0.231 e. The normalized spacial score (nSPS) is 16.6. The van der Waals surface area contributed by atoms with Crippen molar-refractivity contribution in [1.29, 1.82) is 0 Å². The van der Waals surface area contributed by atoms with Crippen molar-refractivity contribution in [3.05, 3.63) is 59.2 Å². The molecule has 5 nitrogen and oxygen atoms in total. The van der Waals surface area contributed by atoms with Crippen molar-refractivity contribution in [2.45, 2.75) is 26.3 Å². The second-order valence-corrected chi connectivity index (χ2v) is 7.33. The minimum atomic E-state index is 0.263. The van der Waals surface area contributed by atoms with E-state index >= 15 is 0 Å². The van der Waals surface area contributed by atoms with E-state index in [0.29, 0.717) is 13.2 Å². The molecule has 0 aliphatic carbocycles. The molecule has 0 N–H and O–H groups in total. The molecule has 0 unspecified atom stereocenters. The van der Waals surface area contributed by atoms with E-state index in [1.54, 1.807) is 0 Å². The number of nitrogens with zero attached hydrogens (tertiary/aromatic N) is 2. The van der Waals surface area contributed by atoms with Crippen LogP contribution in [0.2, 0.25) is 0 Å². The second kappa shape index (κ2) is 8.01. The molecule has 4 rings (SSSR count). The Bertz CT molecular complexity index is 813. The molecular formula is C22H26N2O3. The molecule has 0 radical (unpaired) electrons. The zero-order chi connectivity index (χ0) is 18.6. The smallest absolute Gasteiger partial charge is 0.231 e. The molecule has 1 fully saturated rings. The van der Waals surface area contributed by atoms with Gasteiger partial charge in [0.1, 0.15) is 0 Å². The van der Waals surface area contributed by atoms with Crippen LogP contribution in [0.1, 0.15) is 23.1 Å². The van der Waals surface area contributed by atoms with Crippen LogP contribution in [-0.2, 0) is 17.8 Å². The summed E-state index contributed by atoms with van der Waals surface area (Å²) in [5.41, 5.74) is 3.71. The zero-order valence-electron chi connectivity index (χ0n) is 15.8. The van der Waals surface area contributed by atoms with Crippen LogP contribution >= 0.6 is 0 Å². The molecule has 2 aromatic carbocycles. The van der Waals surface area contributed by atoms with Gasteiger partial charge >= 0.3 is 0 Å². The Morgan fingerprint density at radius 2 is 1.78 bits per heavy atom. The van der Waals surface area contributed by atoms with Crippen molar-refractivity contribution in [3.8, 4) is 11.5 Å². The molecule has 0 saturated carbocycles. The summed E-state index contributed by atoms with van der Waals surface area (Å²) in [5, 5.41) is 0. The third kappa shape index (κ3) is 4.42. The van der Waals surface area contributed by atoms with Crippen LogP contribution in [-0.4, -0.2) is 48.7 Å². The molecule has 2 heterocycles. The van der Waals surface area contributed by atoms with Crippen molar-refractivity contribution >= 4 is 5.91 Å². The Labute approximate surface area is 160 Å². The predicted molar refractivity (Wildman–Crippen MR) is 104 cm³/mol. The monoisotopic (exact) mass is 366 g/mol. The van der Waals surface area contributed by atoms with Gasteiger partial charge in [0.25, 0.3) is 0 Å². The van der Waals surface area contributed by atoms with E-state index in [4.69, 9.17) is 9.47 Å². The first-order chi connectivity index (χ1) is 13.2. The van der Waals surface area contributed by atoms with Gasteiger partial charge in [-0.1, -0.05) is 35.9 Å². The Hall–Kier alpha value is -2.53. The lowest BCUT2D eigenvalue weighted by molar-refractivity contribution is -0.133. The van der Waals surface area contributed by atoms with Crippen LogP contribution in [0.4, 0.5) is 0 Å². The van der Waals surface area contributed by atoms with E-state index in [-0.39, 0.29) is 5.91 Å². The van der Waals surface area contributed by atoms with Gasteiger partial charge in [-0.05, 0) is 36.6 Å². The van der Waals surface area contributed by atoms with Crippen LogP contribution in [0.5, 0.6) is 11.5 Å². The van der Waals surface area contributed by atoms with Crippen molar-refractivity contribution in [1.82, 2.24) is 9.80 Å². The second-order valence-electron chi connectivity index (χ2n) is 7.33. The largest absolute Gasteiger partial charge is 0.454 e. The maximum atomic E-state index is 12.5. The number of piperazine rings is 1. The summed E-state index contributed by atoms with van der Waals surface area (Å²) < 4.78 is 10.8. The third-order valence-corrected chi connectivity index (χ3v) is 5.28. The zero-order valence-corrected chi connectivity index (χ0v) is 15.8. The topological polar surface area (TPSA) is 42.0 Å². The van der Waals surface area contributed by atoms with Gasteiger partial charge in [0.05, 0.1) is 0 Å². The van der Waals surface area contributed by atoms with Crippen molar-refractivity contribution in [3.63, 3.8) is 0 Å². The fraction of sp³-hybridized carbons (Fsp3) is 0.409. The molecule has 0 bridgehead atoms. The minimum absolute atomic E-state index is 0.263. The van der Waals surface area contributed by atoms with Crippen LogP contribution in [0.25, 0.3) is 0 Å². The van der Waals surface area contributed by atoms with Gasteiger partial charge in [-0.3, -0.25) is 9.69 Å². The Kier molecular flexibility index (Phi) is 5.30. The predicted octanol–water partition coefficient (Wildman–Crippen LogP) is 3.00. The third-order valence-electron chi connectivity index (χ3n) is 5.28. The minimum Gasteiger partial charge on any atom is -0.454 e. The quantitative estimate of drug-likeness (QED) is 0.816. The number of fused-ring (bicyclic) bond motifs is 1. The van der Waals surface area contributed by atoms with Crippen molar-refractivity contribution in [2.75, 3.05) is 33.0 Å². The van der Waals surface area contributed by atoms with Gasteiger partial charge in [-0.25, -0.2) is 0 Å². The molecule has 0 atom stereocenters. The number of ether oxygens (including phenoxy) is 2. The van der Waals surface area contributed by atoms with Crippen LogP contribution in [0, 0.1) is 6.92 Å². The maximum absolute atomic E-state index is 12.5. The van der Waals surface area contributed by atoms with E-state index < -0.39 is 0 Å². The first kappa shape index (κ1) is 17.9. The van der Waals surface area contributed by atoms with Gasteiger partial charge in [0.15, 0.2) is 11.5 Å². The molecule has 27 heavy (non-hydrogen) atoms. The van der Waals surface area contributed by atoms with Crippen molar-refractivity contribution in [2.24, 2.45) is 0 Å².